The van der Waals surface area contributed by atoms with Crippen LogP contribution in [0.1, 0.15) is 6.92 Å². The Morgan fingerprint density at radius 1 is 1.47 bits per heavy atom. The van der Waals surface area contributed by atoms with Crippen molar-refractivity contribution >= 4 is 33.2 Å². The van der Waals surface area contributed by atoms with Crippen molar-refractivity contribution in [1.29, 1.82) is 0 Å². The molecule has 0 fully saturated rings. The van der Waals surface area contributed by atoms with Gasteiger partial charge in [-0.05, 0) is 25.1 Å². The van der Waals surface area contributed by atoms with Gasteiger partial charge in [-0.15, -0.1) is 0 Å². The number of likely N-dealkylation sites (N-methyl/N-ethyl adjacent to an activating group) is 1. The lowest BCUT2D eigenvalue weighted by Crippen LogP contribution is -2.50. The number of hydrogen-bond acceptors (Lipinski definition) is 3. The first-order chi connectivity index (χ1) is 8.04. The first-order valence-electron chi connectivity index (χ1n) is 5.57. The summed E-state index contributed by atoms with van der Waals surface area (Å²) in [6.45, 7) is 2.83. The van der Waals surface area contributed by atoms with E-state index >= 15 is 0 Å². The third-order valence-corrected chi connectivity index (χ3v) is 3.52. The molecule has 1 aliphatic rings. The van der Waals surface area contributed by atoms with Crippen LogP contribution in [0.5, 0.6) is 0 Å². The van der Waals surface area contributed by atoms with E-state index in [-0.39, 0.29) is 11.9 Å². The normalized spacial score (nSPS) is 17.1. The van der Waals surface area contributed by atoms with Crippen LogP contribution in [0, 0.1) is 0 Å². The molecule has 1 aromatic rings. The monoisotopic (exact) mass is 297 g/mol. The molecule has 92 valence electrons. The van der Waals surface area contributed by atoms with Gasteiger partial charge in [0.05, 0.1) is 17.9 Å². The molecule has 2 rings (SSSR count). The van der Waals surface area contributed by atoms with Crippen LogP contribution in [-0.4, -0.2) is 32.1 Å². The van der Waals surface area contributed by atoms with Crippen LogP contribution in [0.4, 0.5) is 11.4 Å². The zero-order valence-corrected chi connectivity index (χ0v) is 11.6. The van der Waals surface area contributed by atoms with E-state index in [0.717, 1.165) is 15.8 Å². The van der Waals surface area contributed by atoms with E-state index in [1.54, 1.807) is 4.90 Å². The summed E-state index contributed by atoms with van der Waals surface area (Å²) in [5.41, 5.74) is 7.67. The predicted octanol–water partition coefficient (Wildman–Crippen LogP) is 1.58. The average molecular weight is 298 g/mol. The fraction of sp³-hybridized carbons (Fsp3) is 0.417. The van der Waals surface area contributed by atoms with Crippen LogP contribution in [-0.2, 0) is 4.79 Å². The van der Waals surface area contributed by atoms with Crippen LogP contribution >= 0.6 is 15.9 Å². The highest BCUT2D eigenvalue weighted by Gasteiger charge is 2.30. The number of benzene rings is 1. The lowest BCUT2D eigenvalue weighted by atomic mass is 10.1. The smallest absolute Gasteiger partial charge is 0.246 e. The van der Waals surface area contributed by atoms with E-state index in [2.05, 4.69) is 15.9 Å². The molecule has 5 heteroatoms. The number of anilines is 2. The molecule has 1 unspecified atom stereocenters. The van der Waals surface area contributed by atoms with Gasteiger partial charge in [0.15, 0.2) is 0 Å². The molecular formula is C12H16BrN3O. The van der Waals surface area contributed by atoms with Crippen molar-refractivity contribution in [1.82, 2.24) is 0 Å². The topological polar surface area (TPSA) is 49.6 Å². The molecule has 1 aromatic carbocycles. The number of rotatable bonds is 2. The fourth-order valence-corrected chi connectivity index (χ4v) is 2.45. The summed E-state index contributed by atoms with van der Waals surface area (Å²) in [7, 11) is 1.93. The summed E-state index contributed by atoms with van der Waals surface area (Å²) in [5.74, 6) is 0.0936. The van der Waals surface area contributed by atoms with E-state index < -0.39 is 0 Å². The number of halogens is 1. The third-order valence-electron chi connectivity index (χ3n) is 3.03. The minimum Gasteiger partial charge on any atom is -0.364 e. The highest BCUT2D eigenvalue weighted by Crippen LogP contribution is 2.36. The van der Waals surface area contributed by atoms with E-state index in [4.69, 9.17) is 5.73 Å². The zero-order chi connectivity index (χ0) is 12.6. The molecule has 0 saturated heterocycles. The highest BCUT2D eigenvalue weighted by atomic mass is 79.9. The van der Waals surface area contributed by atoms with Crippen LogP contribution in [0.25, 0.3) is 0 Å². The molecule has 0 radical (unpaired) electrons. The molecular weight excluding hydrogens is 282 g/mol. The standard InChI is InChI=1S/C12H16BrN3O/c1-8(6-14)16-11-5-9(13)3-4-10(11)15(2)7-12(16)17/h3-5,8H,6-7,14H2,1-2H3. The van der Waals surface area contributed by atoms with Gasteiger partial charge in [-0.2, -0.15) is 0 Å². The minimum absolute atomic E-state index is 0.0178. The van der Waals surface area contributed by atoms with E-state index in [1.807, 2.05) is 37.1 Å². The summed E-state index contributed by atoms with van der Waals surface area (Å²) in [6.07, 6.45) is 0. The van der Waals surface area contributed by atoms with Crippen LogP contribution in [0.3, 0.4) is 0 Å². The number of carbonyl (C=O) groups is 1. The first kappa shape index (κ1) is 12.4. The van der Waals surface area contributed by atoms with Crippen molar-refractivity contribution in [3.63, 3.8) is 0 Å². The SMILES string of the molecule is CC(CN)N1C(=O)CN(C)c2ccc(Br)cc21. The van der Waals surface area contributed by atoms with Gasteiger partial charge in [-0.1, -0.05) is 15.9 Å². The number of carbonyl (C=O) groups excluding carboxylic acids is 1. The Hall–Kier alpha value is -1.07. The average Bonchev–Trinajstić information content (AvgIpc) is 2.28. The van der Waals surface area contributed by atoms with Gasteiger partial charge in [0.1, 0.15) is 0 Å². The summed E-state index contributed by atoms with van der Waals surface area (Å²) in [6, 6.07) is 5.98. The third kappa shape index (κ3) is 2.17. The molecule has 2 N–H and O–H groups in total. The summed E-state index contributed by atoms with van der Waals surface area (Å²) in [5, 5.41) is 0. The molecule has 0 spiro atoms. The van der Waals surface area contributed by atoms with Crippen molar-refractivity contribution in [3.05, 3.63) is 22.7 Å². The maximum Gasteiger partial charge on any atom is 0.246 e. The number of fused-ring (bicyclic) bond motifs is 1. The molecule has 1 aliphatic heterocycles. The van der Waals surface area contributed by atoms with Gasteiger partial charge in [0.2, 0.25) is 5.91 Å². The summed E-state index contributed by atoms with van der Waals surface area (Å²) < 4.78 is 0.966. The molecule has 1 amide bonds. The lowest BCUT2D eigenvalue weighted by molar-refractivity contribution is -0.117. The Bertz CT molecular complexity index is 449. The van der Waals surface area contributed by atoms with Crippen molar-refractivity contribution in [2.24, 2.45) is 5.73 Å². The zero-order valence-electron chi connectivity index (χ0n) is 9.98. The van der Waals surface area contributed by atoms with E-state index in [9.17, 15) is 4.79 Å². The van der Waals surface area contributed by atoms with Crippen LogP contribution < -0.4 is 15.5 Å². The van der Waals surface area contributed by atoms with Gasteiger partial charge in [0.25, 0.3) is 0 Å². The molecule has 17 heavy (non-hydrogen) atoms. The summed E-state index contributed by atoms with van der Waals surface area (Å²) >= 11 is 3.44. The van der Waals surface area contributed by atoms with Gasteiger partial charge in [-0.25, -0.2) is 0 Å². The molecule has 4 nitrogen and oxygen atoms in total. The number of amides is 1. The van der Waals surface area contributed by atoms with E-state index in [1.165, 1.54) is 0 Å². The van der Waals surface area contributed by atoms with Gasteiger partial charge in [0, 0.05) is 24.1 Å². The fourth-order valence-electron chi connectivity index (χ4n) is 2.10. The molecule has 1 heterocycles. The number of hydrogen-bond donors (Lipinski definition) is 1. The molecule has 0 aromatic heterocycles. The maximum absolute atomic E-state index is 12.1. The highest BCUT2D eigenvalue weighted by molar-refractivity contribution is 9.10. The first-order valence-corrected chi connectivity index (χ1v) is 6.36. The second-order valence-corrected chi connectivity index (χ2v) is 5.25. The Kier molecular flexibility index (Phi) is 3.40. The summed E-state index contributed by atoms with van der Waals surface area (Å²) in [4.78, 5) is 15.8. The Morgan fingerprint density at radius 2 is 2.18 bits per heavy atom. The largest absolute Gasteiger partial charge is 0.364 e. The molecule has 1 atom stereocenters. The quantitative estimate of drug-likeness (QED) is 0.902. The van der Waals surface area contributed by atoms with Crippen molar-refractivity contribution in [2.45, 2.75) is 13.0 Å². The number of nitrogens with two attached hydrogens (primary N) is 1. The Balaban J connectivity index is 2.52. The van der Waals surface area contributed by atoms with E-state index in [0.29, 0.717) is 13.1 Å². The predicted molar refractivity (Wildman–Crippen MR) is 73.4 cm³/mol. The van der Waals surface area contributed by atoms with Crippen LogP contribution in [0.2, 0.25) is 0 Å². The molecule has 0 bridgehead atoms. The second-order valence-electron chi connectivity index (χ2n) is 4.34. The Morgan fingerprint density at radius 3 is 2.82 bits per heavy atom. The second kappa shape index (κ2) is 4.66. The maximum atomic E-state index is 12.1. The lowest BCUT2D eigenvalue weighted by Gasteiger charge is -2.38. The van der Waals surface area contributed by atoms with Crippen molar-refractivity contribution < 1.29 is 4.79 Å². The molecule has 0 aliphatic carbocycles. The van der Waals surface area contributed by atoms with Crippen LogP contribution in [0.15, 0.2) is 22.7 Å². The van der Waals surface area contributed by atoms with Gasteiger partial charge >= 0.3 is 0 Å². The number of nitrogens with zero attached hydrogens (tertiary/aromatic N) is 2. The molecule has 0 saturated carbocycles. The van der Waals surface area contributed by atoms with Gasteiger partial charge in [-0.3, -0.25) is 4.79 Å². The van der Waals surface area contributed by atoms with Gasteiger partial charge < -0.3 is 15.5 Å². The minimum atomic E-state index is 0.0178. The van der Waals surface area contributed by atoms with Crippen molar-refractivity contribution in [2.75, 3.05) is 29.9 Å². The Labute approximate surface area is 110 Å². The van der Waals surface area contributed by atoms with Crippen molar-refractivity contribution in [3.8, 4) is 0 Å².